The van der Waals surface area contributed by atoms with E-state index in [0.29, 0.717) is 0 Å². The fourth-order valence-corrected chi connectivity index (χ4v) is 4.57. The van der Waals surface area contributed by atoms with Gasteiger partial charge in [0.15, 0.2) is 5.96 Å². The summed E-state index contributed by atoms with van der Waals surface area (Å²) in [6.45, 7) is 9.11. The summed E-state index contributed by atoms with van der Waals surface area (Å²) in [5.74, 6) is 0.985. The number of piperazine rings is 1. The molecule has 7 heteroatoms. The third-order valence-electron chi connectivity index (χ3n) is 6.31. The van der Waals surface area contributed by atoms with Gasteiger partial charge in [0.1, 0.15) is 6.26 Å². The van der Waals surface area contributed by atoms with Crippen LogP contribution in [-0.2, 0) is 19.6 Å². The fraction of sp³-hybridized carbons (Fsp3) is 0.583. The fourth-order valence-electron chi connectivity index (χ4n) is 4.57. The molecule has 2 saturated heterocycles. The van der Waals surface area contributed by atoms with Crippen molar-refractivity contribution in [2.24, 2.45) is 4.99 Å². The second kappa shape index (κ2) is 11.3. The van der Waals surface area contributed by atoms with E-state index in [-0.39, 0.29) is 0 Å². The molecule has 1 N–H and O–H groups in total. The molecule has 0 saturated carbocycles. The molecule has 3 heterocycles. The van der Waals surface area contributed by atoms with Crippen LogP contribution in [-0.4, -0.2) is 72.1 Å². The topological polar surface area (TPSA) is 60.1 Å². The van der Waals surface area contributed by atoms with Crippen molar-refractivity contribution in [2.45, 2.75) is 45.3 Å². The van der Waals surface area contributed by atoms with Gasteiger partial charge in [0.25, 0.3) is 0 Å². The van der Waals surface area contributed by atoms with Crippen molar-refractivity contribution in [1.82, 2.24) is 25.2 Å². The number of likely N-dealkylation sites (tertiary alicyclic amines) is 1. The molecule has 0 amide bonds. The van der Waals surface area contributed by atoms with Gasteiger partial charge in [-0.05, 0) is 37.1 Å². The number of aromatic nitrogens is 1. The predicted molar refractivity (Wildman–Crippen MR) is 124 cm³/mol. The van der Waals surface area contributed by atoms with Crippen LogP contribution in [0.15, 0.2) is 46.1 Å². The quantitative estimate of drug-likeness (QED) is 0.568. The van der Waals surface area contributed by atoms with Crippen molar-refractivity contribution in [3.8, 4) is 0 Å². The lowest BCUT2D eigenvalue weighted by atomic mass is 10.1. The summed E-state index contributed by atoms with van der Waals surface area (Å²) in [5, 5.41) is 7.60. The van der Waals surface area contributed by atoms with Gasteiger partial charge in [-0.15, -0.1) is 0 Å². The van der Waals surface area contributed by atoms with Gasteiger partial charge < -0.3 is 14.7 Å². The van der Waals surface area contributed by atoms with Crippen LogP contribution in [0.5, 0.6) is 0 Å². The maximum absolute atomic E-state index is 4.94. The molecule has 2 aliphatic heterocycles. The van der Waals surface area contributed by atoms with Crippen molar-refractivity contribution >= 4 is 5.96 Å². The monoisotopic (exact) mass is 424 g/mol. The van der Waals surface area contributed by atoms with E-state index in [1.165, 1.54) is 49.9 Å². The van der Waals surface area contributed by atoms with E-state index in [4.69, 9.17) is 4.52 Å². The van der Waals surface area contributed by atoms with Crippen LogP contribution in [0.1, 0.15) is 42.5 Å². The Balaban J connectivity index is 1.25. The first-order chi connectivity index (χ1) is 15.3. The molecule has 7 nitrogen and oxygen atoms in total. The highest BCUT2D eigenvalue weighted by atomic mass is 16.5. The van der Waals surface area contributed by atoms with Gasteiger partial charge in [0.2, 0.25) is 0 Å². The summed E-state index contributed by atoms with van der Waals surface area (Å²) < 4.78 is 4.94. The third-order valence-corrected chi connectivity index (χ3v) is 6.31. The standard InChI is InChI=1S/C24H36N6O/c1-25-24(30-14-12-29(13-15-30)20-23-9-16-31-27-23)26-18-21-7-6-8-22(17-21)19-28-10-4-2-3-5-11-28/h6-9,16-17H,2-5,10-15,18-20H2,1H3,(H,25,26). The van der Waals surface area contributed by atoms with E-state index in [1.54, 1.807) is 6.26 Å². The summed E-state index contributed by atoms with van der Waals surface area (Å²) >= 11 is 0. The summed E-state index contributed by atoms with van der Waals surface area (Å²) in [5.41, 5.74) is 3.73. The van der Waals surface area contributed by atoms with E-state index in [9.17, 15) is 0 Å². The highest BCUT2D eigenvalue weighted by Crippen LogP contribution is 2.14. The molecular weight excluding hydrogens is 388 g/mol. The summed E-state index contributed by atoms with van der Waals surface area (Å²) in [6.07, 6.45) is 7.08. The van der Waals surface area contributed by atoms with E-state index >= 15 is 0 Å². The number of nitrogens with one attached hydrogen (secondary N) is 1. The van der Waals surface area contributed by atoms with Gasteiger partial charge in [0, 0.05) is 58.9 Å². The van der Waals surface area contributed by atoms with E-state index in [1.807, 2.05) is 13.1 Å². The summed E-state index contributed by atoms with van der Waals surface area (Å²) in [4.78, 5) is 11.9. The molecule has 1 aromatic carbocycles. The minimum absolute atomic E-state index is 0.805. The highest BCUT2D eigenvalue weighted by Gasteiger charge is 2.20. The average Bonchev–Trinajstić information content (AvgIpc) is 3.17. The van der Waals surface area contributed by atoms with Crippen LogP contribution >= 0.6 is 0 Å². The van der Waals surface area contributed by atoms with Crippen molar-refractivity contribution < 1.29 is 4.52 Å². The first-order valence-electron chi connectivity index (χ1n) is 11.7. The molecule has 1 aromatic heterocycles. The van der Waals surface area contributed by atoms with Crippen molar-refractivity contribution in [3.63, 3.8) is 0 Å². The van der Waals surface area contributed by atoms with Crippen LogP contribution in [0.25, 0.3) is 0 Å². The van der Waals surface area contributed by atoms with Crippen molar-refractivity contribution in [2.75, 3.05) is 46.3 Å². The van der Waals surface area contributed by atoms with Crippen LogP contribution in [0.3, 0.4) is 0 Å². The largest absolute Gasteiger partial charge is 0.364 e. The average molecular weight is 425 g/mol. The Hall–Kier alpha value is -2.38. The Labute approximate surface area is 186 Å². The minimum Gasteiger partial charge on any atom is -0.364 e. The zero-order chi connectivity index (χ0) is 21.3. The number of nitrogens with zero attached hydrogens (tertiary/aromatic N) is 5. The molecule has 2 fully saturated rings. The maximum Gasteiger partial charge on any atom is 0.194 e. The first-order valence-corrected chi connectivity index (χ1v) is 11.7. The second-order valence-electron chi connectivity index (χ2n) is 8.67. The Morgan fingerprint density at radius 1 is 0.935 bits per heavy atom. The molecule has 31 heavy (non-hydrogen) atoms. The smallest absolute Gasteiger partial charge is 0.194 e. The predicted octanol–water partition coefficient (Wildman–Crippen LogP) is 2.94. The van der Waals surface area contributed by atoms with Gasteiger partial charge in [-0.25, -0.2) is 0 Å². The van der Waals surface area contributed by atoms with E-state index in [2.05, 4.69) is 54.4 Å². The van der Waals surface area contributed by atoms with Gasteiger partial charge in [-0.1, -0.05) is 42.3 Å². The third kappa shape index (κ3) is 6.55. The minimum atomic E-state index is 0.805. The Kier molecular flexibility index (Phi) is 7.96. The second-order valence-corrected chi connectivity index (χ2v) is 8.67. The van der Waals surface area contributed by atoms with Crippen LogP contribution in [0.2, 0.25) is 0 Å². The summed E-state index contributed by atoms with van der Waals surface area (Å²) in [6, 6.07) is 10.9. The molecule has 0 radical (unpaired) electrons. The van der Waals surface area contributed by atoms with Gasteiger partial charge >= 0.3 is 0 Å². The first kappa shape index (κ1) is 21.8. The molecule has 2 aliphatic rings. The number of guanidine groups is 1. The summed E-state index contributed by atoms with van der Waals surface area (Å²) in [7, 11) is 1.87. The lowest BCUT2D eigenvalue weighted by Crippen LogP contribution is -2.52. The number of aliphatic imine (C=N–C) groups is 1. The Morgan fingerprint density at radius 2 is 1.68 bits per heavy atom. The molecule has 0 aliphatic carbocycles. The number of rotatable bonds is 6. The molecule has 4 rings (SSSR count). The molecule has 0 atom stereocenters. The lowest BCUT2D eigenvalue weighted by molar-refractivity contribution is 0.169. The van der Waals surface area contributed by atoms with Gasteiger partial charge in [-0.3, -0.25) is 14.8 Å². The van der Waals surface area contributed by atoms with Crippen LogP contribution in [0, 0.1) is 0 Å². The van der Waals surface area contributed by atoms with Crippen LogP contribution < -0.4 is 5.32 Å². The normalized spacial score (nSPS) is 19.4. The molecule has 0 bridgehead atoms. The number of hydrogen-bond donors (Lipinski definition) is 1. The SMILES string of the molecule is CN=C(NCc1cccc(CN2CCCCCC2)c1)N1CCN(Cc2ccon2)CC1. The van der Waals surface area contributed by atoms with Crippen molar-refractivity contribution in [3.05, 3.63) is 53.4 Å². The Bertz CT molecular complexity index is 805. The molecule has 0 spiro atoms. The molecule has 2 aromatic rings. The van der Waals surface area contributed by atoms with Crippen LogP contribution in [0.4, 0.5) is 0 Å². The zero-order valence-corrected chi connectivity index (χ0v) is 18.8. The number of benzene rings is 1. The van der Waals surface area contributed by atoms with Gasteiger partial charge in [0.05, 0.1) is 5.69 Å². The molecular formula is C24H36N6O. The van der Waals surface area contributed by atoms with Crippen molar-refractivity contribution in [1.29, 1.82) is 0 Å². The maximum atomic E-state index is 4.94. The van der Waals surface area contributed by atoms with E-state index < -0.39 is 0 Å². The lowest BCUT2D eigenvalue weighted by Gasteiger charge is -2.36. The highest BCUT2D eigenvalue weighted by molar-refractivity contribution is 5.80. The number of hydrogen-bond acceptors (Lipinski definition) is 5. The zero-order valence-electron chi connectivity index (χ0n) is 18.8. The molecule has 0 unspecified atom stereocenters. The Morgan fingerprint density at radius 3 is 2.39 bits per heavy atom. The van der Waals surface area contributed by atoms with E-state index in [0.717, 1.165) is 57.5 Å². The van der Waals surface area contributed by atoms with Gasteiger partial charge in [-0.2, -0.15) is 0 Å². The molecule has 168 valence electrons.